The maximum atomic E-state index is 12.2. The Morgan fingerprint density at radius 2 is 1.85 bits per heavy atom. The van der Waals surface area contributed by atoms with E-state index in [2.05, 4.69) is 4.98 Å². The highest BCUT2D eigenvalue weighted by Crippen LogP contribution is 2.42. The van der Waals surface area contributed by atoms with Crippen LogP contribution in [0.5, 0.6) is 17.2 Å². The van der Waals surface area contributed by atoms with Crippen LogP contribution in [0.25, 0.3) is 22.0 Å². The Kier molecular flexibility index (Phi) is 5.38. The number of carbonyl (C=O) groups is 1. The maximum Gasteiger partial charge on any atom is 0.352 e. The van der Waals surface area contributed by atoms with Crippen molar-refractivity contribution >= 4 is 28.5 Å². The summed E-state index contributed by atoms with van der Waals surface area (Å²) < 4.78 is 17.1. The van der Waals surface area contributed by atoms with Crippen molar-refractivity contribution in [3.8, 4) is 28.4 Å². The molecular formula is C26H22ClNO5. The van der Waals surface area contributed by atoms with Gasteiger partial charge in [0, 0.05) is 39.5 Å². The summed E-state index contributed by atoms with van der Waals surface area (Å²) in [6.45, 7) is 4.07. The number of carboxylic acid groups (broad SMARTS) is 1. The van der Waals surface area contributed by atoms with Crippen LogP contribution in [0.15, 0.2) is 54.6 Å². The molecule has 2 N–H and O–H groups in total. The van der Waals surface area contributed by atoms with Crippen LogP contribution in [0.1, 0.15) is 35.5 Å². The third kappa shape index (κ3) is 3.87. The molecule has 0 amide bonds. The molecule has 0 atom stereocenters. The van der Waals surface area contributed by atoms with Crippen LogP contribution in [-0.2, 0) is 6.42 Å². The average molecular weight is 464 g/mol. The monoisotopic (exact) mass is 463 g/mol. The summed E-state index contributed by atoms with van der Waals surface area (Å²) in [5.41, 5.74) is 3.97. The van der Waals surface area contributed by atoms with Crippen LogP contribution < -0.4 is 14.2 Å². The van der Waals surface area contributed by atoms with Gasteiger partial charge in [0.05, 0.1) is 6.10 Å². The number of H-pyrrole nitrogens is 1. The third-order valence-electron chi connectivity index (χ3n) is 5.58. The molecule has 0 saturated carbocycles. The number of hydrogen-bond acceptors (Lipinski definition) is 4. The third-order valence-corrected chi connectivity index (χ3v) is 5.93. The summed E-state index contributed by atoms with van der Waals surface area (Å²) >= 11 is 6.60. The Morgan fingerprint density at radius 3 is 2.55 bits per heavy atom. The fourth-order valence-electron chi connectivity index (χ4n) is 4.22. The fraction of sp³-hybridized carbons (Fsp3) is 0.192. The number of nitrogens with one attached hydrogen (secondary N) is 1. The van der Waals surface area contributed by atoms with E-state index in [4.69, 9.17) is 25.8 Å². The summed E-state index contributed by atoms with van der Waals surface area (Å²) in [6.07, 6.45) is 0.359. The molecule has 2 heterocycles. The van der Waals surface area contributed by atoms with E-state index in [1.807, 2.05) is 62.4 Å². The molecular weight excluding hydrogens is 442 g/mol. The zero-order valence-electron chi connectivity index (χ0n) is 18.1. The number of aromatic amines is 1. The smallest absolute Gasteiger partial charge is 0.352 e. The standard InChI is InChI=1S/C26H22ClNO5/c1-14(2)33-20-9-8-19-24(23(25(28-19)26(29)30)15-6-4-3-5-7-15)17(20)10-16-11-21-22(12-18(16)27)32-13-31-21/h3-9,11-12,14,28H,10,13H2,1-2H3,(H,29,30). The number of aromatic carboxylic acids is 1. The molecule has 6 nitrogen and oxygen atoms in total. The number of aromatic nitrogens is 1. The fourth-order valence-corrected chi connectivity index (χ4v) is 4.44. The summed E-state index contributed by atoms with van der Waals surface area (Å²) in [5, 5.41) is 11.3. The number of halogens is 1. The highest BCUT2D eigenvalue weighted by molar-refractivity contribution is 6.31. The molecule has 0 saturated heterocycles. The molecule has 1 aliphatic rings. The van der Waals surface area contributed by atoms with Gasteiger partial charge in [-0.15, -0.1) is 0 Å². The van der Waals surface area contributed by atoms with Gasteiger partial charge in [0.1, 0.15) is 11.4 Å². The van der Waals surface area contributed by atoms with E-state index in [0.29, 0.717) is 39.8 Å². The van der Waals surface area contributed by atoms with Crippen molar-refractivity contribution in [2.24, 2.45) is 0 Å². The molecule has 0 fully saturated rings. The van der Waals surface area contributed by atoms with E-state index in [-0.39, 0.29) is 18.6 Å². The van der Waals surface area contributed by atoms with E-state index in [1.165, 1.54) is 0 Å². The number of hydrogen-bond donors (Lipinski definition) is 2. The van der Waals surface area contributed by atoms with Gasteiger partial charge in [0.15, 0.2) is 11.5 Å². The van der Waals surface area contributed by atoms with Gasteiger partial charge < -0.3 is 24.3 Å². The summed E-state index contributed by atoms with van der Waals surface area (Å²) in [6, 6.07) is 16.8. The first kappa shape index (κ1) is 21.2. The highest BCUT2D eigenvalue weighted by atomic mass is 35.5. The summed E-state index contributed by atoms with van der Waals surface area (Å²) in [5.74, 6) is 0.902. The largest absolute Gasteiger partial charge is 0.491 e. The number of ether oxygens (including phenoxy) is 3. The topological polar surface area (TPSA) is 80.8 Å². The van der Waals surface area contributed by atoms with Crippen molar-refractivity contribution in [3.05, 3.63) is 76.4 Å². The molecule has 168 valence electrons. The van der Waals surface area contributed by atoms with Gasteiger partial charge in [-0.3, -0.25) is 0 Å². The molecule has 33 heavy (non-hydrogen) atoms. The first-order valence-electron chi connectivity index (χ1n) is 10.6. The van der Waals surface area contributed by atoms with E-state index >= 15 is 0 Å². The number of fused-ring (bicyclic) bond motifs is 2. The Bertz CT molecular complexity index is 1360. The highest BCUT2D eigenvalue weighted by Gasteiger charge is 2.25. The van der Waals surface area contributed by atoms with Gasteiger partial charge in [-0.05, 0) is 43.2 Å². The molecule has 3 aromatic carbocycles. The van der Waals surface area contributed by atoms with Crippen LogP contribution in [-0.4, -0.2) is 29.0 Å². The second-order valence-corrected chi connectivity index (χ2v) is 8.56. The Morgan fingerprint density at radius 1 is 1.12 bits per heavy atom. The molecule has 0 radical (unpaired) electrons. The van der Waals surface area contributed by atoms with Crippen molar-refractivity contribution < 1.29 is 24.1 Å². The second kappa shape index (κ2) is 8.37. The molecule has 5 rings (SSSR count). The summed E-state index contributed by atoms with van der Waals surface area (Å²) in [7, 11) is 0. The van der Waals surface area contributed by atoms with Crippen molar-refractivity contribution in [3.63, 3.8) is 0 Å². The van der Waals surface area contributed by atoms with Crippen LogP contribution in [0, 0.1) is 0 Å². The normalized spacial score (nSPS) is 12.5. The first-order valence-corrected chi connectivity index (χ1v) is 11.0. The number of rotatable bonds is 6. The van der Waals surface area contributed by atoms with Crippen molar-refractivity contribution in [1.82, 2.24) is 4.98 Å². The molecule has 4 aromatic rings. The molecule has 0 bridgehead atoms. The lowest BCUT2D eigenvalue weighted by atomic mass is 9.94. The molecule has 0 aliphatic carbocycles. The van der Waals surface area contributed by atoms with Crippen molar-refractivity contribution in [2.45, 2.75) is 26.4 Å². The van der Waals surface area contributed by atoms with Gasteiger partial charge in [0.2, 0.25) is 6.79 Å². The lowest BCUT2D eigenvalue weighted by Crippen LogP contribution is -2.08. The van der Waals surface area contributed by atoms with Crippen LogP contribution >= 0.6 is 11.6 Å². The van der Waals surface area contributed by atoms with Gasteiger partial charge in [-0.25, -0.2) is 4.79 Å². The first-order chi connectivity index (χ1) is 15.9. The van der Waals surface area contributed by atoms with E-state index in [0.717, 1.165) is 22.1 Å². The lowest BCUT2D eigenvalue weighted by Gasteiger charge is -2.17. The van der Waals surface area contributed by atoms with E-state index in [9.17, 15) is 9.90 Å². The molecule has 0 unspecified atom stereocenters. The van der Waals surface area contributed by atoms with Gasteiger partial charge >= 0.3 is 5.97 Å². The molecule has 7 heteroatoms. The van der Waals surface area contributed by atoms with Crippen LogP contribution in [0.3, 0.4) is 0 Å². The minimum Gasteiger partial charge on any atom is -0.491 e. The zero-order valence-corrected chi connectivity index (χ0v) is 18.9. The summed E-state index contributed by atoms with van der Waals surface area (Å²) in [4.78, 5) is 15.3. The van der Waals surface area contributed by atoms with Crippen molar-refractivity contribution in [2.75, 3.05) is 6.79 Å². The molecule has 0 spiro atoms. The Hall–Kier alpha value is -3.64. The van der Waals surface area contributed by atoms with Crippen molar-refractivity contribution in [1.29, 1.82) is 0 Å². The predicted octanol–water partition coefficient (Wildman–Crippen LogP) is 6.29. The molecule has 1 aromatic heterocycles. The van der Waals surface area contributed by atoms with Crippen LogP contribution in [0.4, 0.5) is 0 Å². The maximum absolute atomic E-state index is 12.2. The van der Waals surface area contributed by atoms with E-state index < -0.39 is 5.97 Å². The Labute approximate surface area is 195 Å². The van der Waals surface area contributed by atoms with Gasteiger partial charge in [-0.2, -0.15) is 0 Å². The predicted molar refractivity (Wildman–Crippen MR) is 127 cm³/mol. The minimum atomic E-state index is -1.02. The number of carboxylic acids is 1. The van der Waals surface area contributed by atoms with Crippen LogP contribution in [0.2, 0.25) is 5.02 Å². The minimum absolute atomic E-state index is 0.0634. The second-order valence-electron chi connectivity index (χ2n) is 8.15. The van der Waals surface area contributed by atoms with Gasteiger partial charge in [0.25, 0.3) is 0 Å². The quantitative estimate of drug-likeness (QED) is 0.351. The lowest BCUT2D eigenvalue weighted by molar-refractivity contribution is 0.0692. The molecule has 1 aliphatic heterocycles. The Balaban J connectivity index is 1.78. The zero-order chi connectivity index (χ0) is 23.1. The van der Waals surface area contributed by atoms with E-state index in [1.54, 1.807) is 6.07 Å². The number of benzene rings is 3. The SMILES string of the molecule is CC(C)Oc1ccc2[nH]c(C(=O)O)c(-c3ccccc3)c2c1Cc1cc2c(cc1Cl)OCO2. The van der Waals surface area contributed by atoms with Gasteiger partial charge in [-0.1, -0.05) is 41.9 Å². The average Bonchev–Trinajstić information content (AvgIpc) is 3.40.